The van der Waals surface area contributed by atoms with Crippen molar-refractivity contribution in [2.45, 2.75) is 77.6 Å². The summed E-state index contributed by atoms with van der Waals surface area (Å²) >= 11 is 0. The Kier molecular flexibility index (Phi) is 7.96. The van der Waals surface area contributed by atoms with Crippen LogP contribution < -0.4 is 0 Å². The Hall–Kier alpha value is -4.96. The van der Waals surface area contributed by atoms with Gasteiger partial charge in [-0.2, -0.15) is 0 Å². The predicted molar refractivity (Wildman–Crippen MR) is 199 cm³/mol. The SMILES string of the molecule is CC(C)c1cccc(C(C)C)c1-n1c(-c2cc(-c3ccc(C4CCCCC4)cc3)c3nc(-c4ccccc4)oc3c2)nc2ccccc21. The Morgan fingerprint density at radius 2 is 1.33 bits per heavy atom. The molecule has 1 aliphatic carbocycles. The lowest BCUT2D eigenvalue weighted by molar-refractivity contribution is 0.443. The van der Waals surface area contributed by atoms with E-state index in [1.165, 1.54) is 54.5 Å². The van der Waals surface area contributed by atoms with Crippen molar-refractivity contribution in [1.29, 1.82) is 0 Å². The van der Waals surface area contributed by atoms with Crippen molar-refractivity contribution in [2.24, 2.45) is 0 Å². The molecular formula is C44H43N3O. The molecule has 2 heterocycles. The molecule has 0 atom stereocenters. The van der Waals surface area contributed by atoms with Gasteiger partial charge in [-0.05, 0) is 89.2 Å². The van der Waals surface area contributed by atoms with Gasteiger partial charge in [0.15, 0.2) is 5.58 Å². The van der Waals surface area contributed by atoms with Crippen molar-refractivity contribution < 1.29 is 4.42 Å². The number of para-hydroxylation sites is 3. The van der Waals surface area contributed by atoms with E-state index in [2.05, 4.69) is 123 Å². The monoisotopic (exact) mass is 629 g/mol. The van der Waals surface area contributed by atoms with E-state index >= 15 is 0 Å². The highest BCUT2D eigenvalue weighted by atomic mass is 16.3. The van der Waals surface area contributed by atoms with Gasteiger partial charge in [-0.15, -0.1) is 0 Å². The van der Waals surface area contributed by atoms with Gasteiger partial charge in [0.1, 0.15) is 11.3 Å². The zero-order valence-electron chi connectivity index (χ0n) is 28.4. The molecule has 1 saturated carbocycles. The molecule has 0 spiro atoms. The molecule has 4 nitrogen and oxygen atoms in total. The Bertz CT molecular complexity index is 2190. The normalized spacial score (nSPS) is 14.1. The van der Waals surface area contributed by atoms with Crippen molar-refractivity contribution >= 4 is 22.1 Å². The van der Waals surface area contributed by atoms with Crippen LogP contribution in [-0.2, 0) is 0 Å². The van der Waals surface area contributed by atoms with Crippen LogP contribution in [0.3, 0.4) is 0 Å². The van der Waals surface area contributed by atoms with Crippen molar-refractivity contribution in [2.75, 3.05) is 0 Å². The molecular weight excluding hydrogens is 587 g/mol. The van der Waals surface area contributed by atoms with Crippen LogP contribution >= 0.6 is 0 Å². The van der Waals surface area contributed by atoms with Gasteiger partial charge in [0.25, 0.3) is 0 Å². The number of oxazole rings is 1. The quantitative estimate of drug-likeness (QED) is 0.176. The third-order valence-electron chi connectivity index (χ3n) is 10.2. The number of imidazole rings is 1. The van der Waals surface area contributed by atoms with Crippen LogP contribution in [0.1, 0.15) is 94.2 Å². The average molecular weight is 630 g/mol. The summed E-state index contributed by atoms with van der Waals surface area (Å²) in [6.45, 7) is 9.12. The molecule has 0 unspecified atom stereocenters. The van der Waals surface area contributed by atoms with Gasteiger partial charge in [0.2, 0.25) is 5.89 Å². The second kappa shape index (κ2) is 12.6. The summed E-state index contributed by atoms with van der Waals surface area (Å²) in [7, 11) is 0. The zero-order chi connectivity index (χ0) is 32.8. The lowest BCUT2D eigenvalue weighted by Crippen LogP contribution is -2.08. The molecule has 0 N–H and O–H groups in total. The lowest BCUT2D eigenvalue weighted by Gasteiger charge is -2.23. The van der Waals surface area contributed by atoms with Crippen LogP contribution in [-0.4, -0.2) is 14.5 Å². The topological polar surface area (TPSA) is 43.9 Å². The van der Waals surface area contributed by atoms with E-state index in [-0.39, 0.29) is 0 Å². The van der Waals surface area contributed by atoms with E-state index in [9.17, 15) is 0 Å². The Morgan fingerprint density at radius 1 is 0.646 bits per heavy atom. The summed E-state index contributed by atoms with van der Waals surface area (Å²) in [5, 5.41) is 0. The van der Waals surface area contributed by atoms with Crippen molar-refractivity contribution in [1.82, 2.24) is 14.5 Å². The number of fused-ring (bicyclic) bond motifs is 2. The lowest BCUT2D eigenvalue weighted by atomic mass is 9.83. The van der Waals surface area contributed by atoms with E-state index in [0.717, 1.165) is 50.2 Å². The molecule has 5 aromatic carbocycles. The molecule has 0 amide bonds. The molecule has 48 heavy (non-hydrogen) atoms. The molecule has 0 bridgehead atoms. The van der Waals surface area contributed by atoms with Crippen LogP contribution in [0, 0.1) is 0 Å². The van der Waals surface area contributed by atoms with Gasteiger partial charge in [0.05, 0.1) is 16.7 Å². The first kappa shape index (κ1) is 30.4. The highest BCUT2D eigenvalue weighted by Gasteiger charge is 2.24. The first-order chi connectivity index (χ1) is 23.5. The zero-order valence-corrected chi connectivity index (χ0v) is 28.4. The second-order valence-corrected chi connectivity index (χ2v) is 14.1. The van der Waals surface area contributed by atoms with Crippen LogP contribution in [0.25, 0.3) is 61.8 Å². The van der Waals surface area contributed by atoms with Crippen LogP contribution in [0.5, 0.6) is 0 Å². The van der Waals surface area contributed by atoms with E-state index < -0.39 is 0 Å². The number of aromatic nitrogens is 3. The van der Waals surface area contributed by atoms with Gasteiger partial charge in [-0.1, -0.05) is 120 Å². The van der Waals surface area contributed by atoms with Gasteiger partial charge in [-0.3, -0.25) is 4.57 Å². The van der Waals surface area contributed by atoms with Crippen LogP contribution in [0.2, 0.25) is 0 Å². The standard InChI is InChI=1S/C44H43N3O/c1-28(2)35-18-13-19-36(29(3)4)42(35)47-39-21-12-11-20-38(39)45-43(47)34-26-37(32-24-22-31(23-25-32)30-14-7-5-8-15-30)41-40(27-34)48-44(46-41)33-16-9-6-10-17-33/h6,9-13,16-30H,5,7-8,14-15H2,1-4H3. The fourth-order valence-electron chi connectivity index (χ4n) is 7.67. The van der Waals surface area contributed by atoms with Crippen molar-refractivity contribution in [3.63, 3.8) is 0 Å². The molecule has 8 rings (SSSR count). The average Bonchev–Trinajstić information content (AvgIpc) is 3.74. The summed E-state index contributed by atoms with van der Waals surface area (Å²) in [6, 6.07) is 39.1. The van der Waals surface area contributed by atoms with E-state index in [0.29, 0.717) is 23.6 Å². The van der Waals surface area contributed by atoms with Gasteiger partial charge < -0.3 is 4.42 Å². The van der Waals surface area contributed by atoms with Crippen LogP contribution in [0.15, 0.2) is 114 Å². The first-order valence-electron chi connectivity index (χ1n) is 17.7. The number of hydrogen-bond acceptors (Lipinski definition) is 3. The van der Waals surface area contributed by atoms with E-state index in [4.69, 9.17) is 14.4 Å². The fourth-order valence-corrected chi connectivity index (χ4v) is 7.67. The molecule has 0 aliphatic heterocycles. The third kappa shape index (κ3) is 5.43. The number of benzene rings is 5. The molecule has 240 valence electrons. The highest BCUT2D eigenvalue weighted by molar-refractivity contribution is 5.97. The van der Waals surface area contributed by atoms with Gasteiger partial charge in [0, 0.05) is 16.7 Å². The molecule has 0 radical (unpaired) electrons. The smallest absolute Gasteiger partial charge is 0.227 e. The Balaban J connectivity index is 1.38. The third-order valence-corrected chi connectivity index (χ3v) is 10.2. The van der Waals surface area contributed by atoms with Gasteiger partial charge >= 0.3 is 0 Å². The summed E-state index contributed by atoms with van der Waals surface area (Å²) in [6.07, 6.45) is 6.59. The largest absolute Gasteiger partial charge is 0.436 e. The Labute approximate surface area is 283 Å². The number of nitrogens with zero attached hydrogens (tertiary/aromatic N) is 3. The minimum absolute atomic E-state index is 0.344. The van der Waals surface area contributed by atoms with E-state index in [1.807, 2.05) is 18.2 Å². The summed E-state index contributed by atoms with van der Waals surface area (Å²) in [4.78, 5) is 10.5. The maximum atomic E-state index is 6.59. The molecule has 4 heteroatoms. The molecule has 0 saturated heterocycles. The van der Waals surface area contributed by atoms with Gasteiger partial charge in [-0.25, -0.2) is 9.97 Å². The second-order valence-electron chi connectivity index (χ2n) is 14.1. The predicted octanol–water partition coefficient (Wildman–Crippen LogP) is 12.5. The van der Waals surface area contributed by atoms with Crippen LogP contribution in [0.4, 0.5) is 0 Å². The maximum absolute atomic E-state index is 6.59. The molecule has 1 aliphatic rings. The Morgan fingerprint density at radius 3 is 2.04 bits per heavy atom. The molecule has 7 aromatic rings. The minimum Gasteiger partial charge on any atom is -0.436 e. The number of hydrogen-bond donors (Lipinski definition) is 0. The molecule has 1 fully saturated rings. The maximum Gasteiger partial charge on any atom is 0.227 e. The summed E-state index contributed by atoms with van der Waals surface area (Å²) in [5.41, 5.74) is 13.2. The fraction of sp³-hybridized carbons (Fsp3) is 0.273. The minimum atomic E-state index is 0.344. The summed E-state index contributed by atoms with van der Waals surface area (Å²) < 4.78 is 8.99. The molecule has 2 aromatic heterocycles. The van der Waals surface area contributed by atoms with Crippen molar-refractivity contribution in [3.05, 3.63) is 126 Å². The highest BCUT2D eigenvalue weighted by Crippen LogP contribution is 2.41. The van der Waals surface area contributed by atoms with E-state index in [1.54, 1.807) is 0 Å². The van der Waals surface area contributed by atoms with Crippen molar-refractivity contribution in [3.8, 4) is 39.7 Å². The summed E-state index contributed by atoms with van der Waals surface area (Å²) in [5.74, 6) is 2.88. The first-order valence-corrected chi connectivity index (χ1v) is 17.7. The number of rotatable bonds is 7.